The Hall–Kier alpha value is -0.693. The highest BCUT2D eigenvalue weighted by molar-refractivity contribution is 6.71. The summed E-state index contributed by atoms with van der Waals surface area (Å²) in [7, 11) is -2.55. The molecule has 0 saturated carbocycles. The molecule has 5 nitrogen and oxygen atoms in total. The van der Waals surface area contributed by atoms with Crippen molar-refractivity contribution in [3.05, 3.63) is 12.2 Å². The van der Waals surface area contributed by atoms with Crippen LogP contribution in [0.1, 0.15) is 73.6 Å². The van der Waals surface area contributed by atoms with E-state index in [0.717, 1.165) is 38.1 Å². The van der Waals surface area contributed by atoms with E-state index in [1.165, 1.54) is 0 Å². The molecule has 2 atom stereocenters. The Labute approximate surface area is 173 Å². The van der Waals surface area contributed by atoms with E-state index in [1.807, 2.05) is 0 Å². The van der Waals surface area contributed by atoms with Crippen LogP contribution in [0.15, 0.2) is 12.2 Å². The molecule has 0 amide bonds. The SMILES string of the molecule is C=C(C)C(=O)OCCCC1CCC[Si](OCC)(OCC)C1(CC(C)C)OCC. The third-order valence-corrected chi connectivity index (χ3v) is 10.1. The Bertz CT molecular complexity index is 482. The van der Waals surface area contributed by atoms with Gasteiger partial charge in [0.05, 0.1) is 6.61 Å². The fourth-order valence-electron chi connectivity index (χ4n) is 4.70. The van der Waals surface area contributed by atoms with E-state index in [1.54, 1.807) is 6.92 Å². The van der Waals surface area contributed by atoms with E-state index >= 15 is 0 Å². The van der Waals surface area contributed by atoms with Crippen LogP contribution in [0.4, 0.5) is 0 Å². The fourth-order valence-corrected chi connectivity index (χ4v) is 9.58. The zero-order chi connectivity index (χ0) is 21.2. The summed E-state index contributed by atoms with van der Waals surface area (Å²) in [6.07, 6.45) is 4.93. The Morgan fingerprint density at radius 1 is 1.18 bits per heavy atom. The third kappa shape index (κ3) is 6.15. The number of rotatable bonds is 13. The van der Waals surface area contributed by atoms with Crippen molar-refractivity contribution in [1.29, 1.82) is 0 Å². The van der Waals surface area contributed by atoms with Gasteiger partial charge in [0, 0.05) is 25.4 Å². The molecule has 1 aliphatic rings. The second-order valence-electron chi connectivity index (χ2n) is 8.19. The average Bonchev–Trinajstić information content (AvgIpc) is 2.62. The van der Waals surface area contributed by atoms with Gasteiger partial charge in [0.15, 0.2) is 0 Å². The average molecular weight is 415 g/mol. The molecule has 164 valence electrons. The molecule has 0 radical (unpaired) electrons. The van der Waals surface area contributed by atoms with Crippen LogP contribution in [0.25, 0.3) is 0 Å². The topological polar surface area (TPSA) is 54.0 Å². The van der Waals surface area contributed by atoms with E-state index in [9.17, 15) is 4.79 Å². The molecular weight excluding hydrogens is 372 g/mol. The summed E-state index contributed by atoms with van der Waals surface area (Å²) in [6, 6.07) is 0.989. The zero-order valence-electron chi connectivity index (χ0n) is 19.0. The Morgan fingerprint density at radius 3 is 2.32 bits per heavy atom. The Morgan fingerprint density at radius 2 is 1.82 bits per heavy atom. The van der Waals surface area contributed by atoms with Gasteiger partial charge < -0.3 is 18.3 Å². The van der Waals surface area contributed by atoms with Crippen LogP contribution < -0.4 is 0 Å². The largest absolute Gasteiger partial charge is 0.462 e. The first-order chi connectivity index (χ1) is 13.3. The fraction of sp³-hybridized carbons (Fsp3) is 0.864. The Balaban J connectivity index is 3.08. The van der Waals surface area contributed by atoms with Crippen molar-refractivity contribution in [2.45, 2.75) is 84.9 Å². The lowest BCUT2D eigenvalue weighted by molar-refractivity contribution is -0.139. The molecule has 0 aliphatic carbocycles. The molecular formula is C22H42O5Si. The van der Waals surface area contributed by atoms with Crippen LogP contribution in [0.3, 0.4) is 0 Å². The summed E-state index contributed by atoms with van der Waals surface area (Å²) < 4.78 is 24.9. The van der Waals surface area contributed by atoms with Crippen molar-refractivity contribution in [1.82, 2.24) is 0 Å². The molecule has 0 aromatic heterocycles. The quantitative estimate of drug-likeness (QED) is 0.180. The number of hydrogen-bond donors (Lipinski definition) is 0. The summed E-state index contributed by atoms with van der Waals surface area (Å²) in [4.78, 5) is 11.7. The highest BCUT2D eigenvalue weighted by Gasteiger charge is 2.63. The molecule has 0 spiro atoms. The van der Waals surface area contributed by atoms with Crippen LogP contribution in [-0.4, -0.2) is 46.2 Å². The molecule has 1 rings (SSSR count). The predicted octanol–water partition coefficient (Wildman–Crippen LogP) is 5.17. The molecule has 2 unspecified atom stereocenters. The van der Waals surface area contributed by atoms with Crippen LogP contribution in [0, 0.1) is 11.8 Å². The number of esters is 1. The number of carbonyl (C=O) groups excluding carboxylic acids is 1. The van der Waals surface area contributed by atoms with Crippen LogP contribution in [0.5, 0.6) is 0 Å². The van der Waals surface area contributed by atoms with Gasteiger partial charge in [-0.2, -0.15) is 0 Å². The molecule has 1 fully saturated rings. The third-order valence-electron chi connectivity index (χ3n) is 5.51. The van der Waals surface area contributed by atoms with Crippen molar-refractivity contribution in [3.8, 4) is 0 Å². The molecule has 6 heteroatoms. The minimum atomic E-state index is -2.55. The van der Waals surface area contributed by atoms with Crippen molar-refractivity contribution >= 4 is 14.5 Å². The number of carbonyl (C=O) groups is 1. The minimum absolute atomic E-state index is 0.311. The second kappa shape index (κ2) is 12.1. The summed E-state index contributed by atoms with van der Waals surface area (Å²) in [5.74, 6) is 0.535. The minimum Gasteiger partial charge on any atom is -0.462 e. The molecule has 0 aromatic carbocycles. The van der Waals surface area contributed by atoms with Crippen LogP contribution in [-0.2, 0) is 23.1 Å². The summed E-state index contributed by atoms with van der Waals surface area (Å²) in [5, 5.41) is -0.349. The van der Waals surface area contributed by atoms with Gasteiger partial charge in [0.1, 0.15) is 5.22 Å². The Kier molecular flexibility index (Phi) is 11.0. The lowest BCUT2D eigenvalue weighted by Gasteiger charge is -2.54. The van der Waals surface area contributed by atoms with Gasteiger partial charge in [-0.05, 0) is 71.3 Å². The van der Waals surface area contributed by atoms with Gasteiger partial charge in [-0.1, -0.05) is 26.8 Å². The summed E-state index contributed by atoms with van der Waals surface area (Å²) in [5.41, 5.74) is 0.445. The second-order valence-corrected chi connectivity index (χ2v) is 11.6. The first-order valence-electron chi connectivity index (χ1n) is 11.0. The molecule has 0 bridgehead atoms. The van der Waals surface area contributed by atoms with E-state index < -0.39 is 8.56 Å². The number of hydrogen-bond acceptors (Lipinski definition) is 5. The summed E-state index contributed by atoms with van der Waals surface area (Å²) >= 11 is 0. The van der Waals surface area contributed by atoms with Gasteiger partial charge in [-0.15, -0.1) is 0 Å². The molecule has 1 saturated heterocycles. The van der Waals surface area contributed by atoms with Crippen LogP contribution >= 0.6 is 0 Å². The maximum absolute atomic E-state index is 11.7. The monoisotopic (exact) mass is 414 g/mol. The maximum atomic E-state index is 11.7. The van der Waals surface area contributed by atoms with Gasteiger partial charge in [-0.25, -0.2) is 4.79 Å². The van der Waals surface area contributed by atoms with Crippen molar-refractivity contribution in [2.75, 3.05) is 26.4 Å². The van der Waals surface area contributed by atoms with Crippen molar-refractivity contribution in [2.24, 2.45) is 11.8 Å². The molecule has 1 heterocycles. The lowest BCUT2D eigenvalue weighted by Crippen LogP contribution is -2.70. The molecule has 28 heavy (non-hydrogen) atoms. The highest BCUT2D eigenvalue weighted by Crippen LogP contribution is 2.49. The predicted molar refractivity (Wildman–Crippen MR) is 115 cm³/mol. The van der Waals surface area contributed by atoms with Gasteiger partial charge in [-0.3, -0.25) is 0 Å². The first-order valence-corrected chi connectivity index (χ1v) is 13.0. The zero-order valence-corrected chi connectivity index (χ0v) is 20.0. The highest BCUT2D eigenvalue weighted by atomic mass is 28.4. The number of ether oxygens (including phenoxy) is 2. The van der Waals surface area contributed by atoms with Gasteiger partial charge in [0.25, 0.3) is 0 Å². The van der Waals surface area contributed by atoms with E-state index in [-0.39, 0.29) is 11.2 Å². The van der Waals surface area contributed by atoms with E-state index in [4.69, 9.17) is 18.3 Å². The molecule has 0 aromatic rings. The lowest BCUT2D eigenvalue weighted by atomic mass is 9.86. The van der Waals surface area contributed by atoms with Gasteiger partial charge in [0.2, 0.25) is 0 Å². The normalized spacial score (nSPS) is 24.3. The molecule has 0 N–H and O–H groups in total. The molecule has 1 aliphatic heterocycles. The smallest absolute Gasteiger partial charge is 0.371 e. The first kappa shape index (κ1) is 25.3. The van der Waals surface area contributed by atoms with Gasteiger partial charge >= 0.3 is 14.5 Å². The van der Waals surface area contributed by atoms with E-state index in [0.29, 0.717) is 43.8 Å². The standard InChI is InChI=1S/C22H42O5Si/c1-8-25-22(17-18(4)5)20(13-11-15-24-21(23)19(6)7)14-12-16-28(22,26-9-2)27-10-3/h18,20H,6,8-17H2,1-5,7H3. The van der Waals surface area contributed by atoms with E-state index in [2.05, 4.69) is 41.2 Å². The van der Waals surface area contributed by atoms with Crippen molar-refractivity contribution < 1.29 is 23.1 Å². The van der Waals surface area contributed by atoms with Crippen LogP contribution in [0.2, 0.25) is 6.04 Å². The maximum Gasteiger partial charge on any atom is 0.371 e. The summed E-state index contributed by atoms with van der Waals surface area (Å²) in [6.45, 7) is 18.4. The van der Waals surface area contributed by atoms with Crippen molar-refractivity contribution in [3.63, 3.8) is 0 Å².